The van der Waals surface area contributed by atoms with Gasteiger partial charge in [0.15, 0.2) is 0 Å². The van der Waals surface area contributed by atoms with E-state index < -0.39 is 0 Å². The second-order valence-electron chi connectivity index (χ2n) is 5.69. The third-order valence-corrected chi connectivity index (χ3v) is 4.59. The molecular weight excluding hydrogens is 323 g/mol. The van der Waals surface area contributed by atoms with Gasteiger partial charge in [-0.2, -0.15) is 0 Å². The Labute approximate surface area is 141 Å². The van der Waals surface area contributed by atoms with E-state index in [0.717, 1.165) is 50.9 Å². The predicted octanol–water partition coefficient (Wildman–Crippen LogP) is 3.58. The highest BCUT2D eigenvalue weighted by Gasteiger charge is 2.13. The Balaban J connectivity index is 1.99. The van der Waals surface area contributed by atoms with E-state index in [-0.39, 0.29) is 11.7 Å². The van der Waals surface area contributed by atoms with E-state index in [4.69, 9.17) is 23.2 Å². The summed E-state index contributed by atoms with van der Waals surface area (Å²) in [6, 6.07) is 3.23. The maximum absolute atomic E-state index is 11.5. The second-order valence-corrected chi connectivity index (χ2v) is 6.50. The fraction of sp³-hybridized carbons (Fsp3) is 0.562. The van der Waals surface area contributed by atoms with Gasteiger partial charge in [-0.3, -0.25) is 9.69 Å². The number of carbonyl (C=O) groups is 1. The number of nitrogens with zero attached hydrogens (tertiary/aromatic N) is 1. The van der Waals surface area contributed by atoms with Crippen LogP contribution in [0.2, 0.25) is 10.0 Å². The van der Waals surface area contributed by atoms with Crippen molar-refractivity contribution < 1.29 is 9.90 Å². The Bertz CT molecular complexity index is 523. The summed E-state index contributed by atoms with van der Waals surface area (Å²) in [6.07, 6.45) is 4.43. The molecule has 0 radical (unpaired) electrons. The number of aromatic hydroxyl groups is 1. The third kappa shape index (κ3) is 5.34. The molecule has 0 spiro atoms. The monoisotopic (exact) mass is 344 g/mol. The van der Waals surface area contributed by atoms with E-state index in [0.29, 0.717) is 23.0 Å². The van der Waals surface area contributed by atoms with Crippen LogP contribution in [0.25, 0.3) is 0 Å². The SMILES string of the molecule is O=C1CCCCN(Cc2cc(Cl)c(Cl)cc2O)CCCCN1. The van der Waals surface area contributed by atoms with Gasteiger partial charge in [-0.25, -0.2) is 0 Å². The lowest BCUT2D eigenvalue weighted by Crippen LogP contribution is -2.26. The number of phenols is 1. The Kier molecular flexibility index (Phi) is 6.80. The van der Waals surface area contributed by atoms with Gasteiger partial charge in [-0.05, 0) is 44.8 Å². The Hall–Kier alpha value is -0.970. The van der Waals surface area contributed by atoms with E-state index in [1.807, 2.05) is 0 Å². The van der Waals surface area contributed by atoms with Crippen molar-refractivity contribution in [1.29, 1.82) is 0 Å². The quantitative estimate of drug-likeness (QED) is 0.861. The lowest BCUT2D eigenvalue weighted by Gasteiger charge is -2.22. The van der Waals surface area contributed by atoms with Crippen molar-refractivity contribution in [1.82, 2.24) is 10.2 Å². The zero-order chi connectivity index (χ0) is 15.9. The molecule has 22 heavy (non-hydrogen) atoms. The fourth-order valence-electron chi connectivity index (χ4n) is 2.61. The average Bonchev–Trinajstić information content (AvgIpc) is 2.51. The van der Waals surface area contributed by atoms with Gasteiger partial charge in [0.2, 0.25) is 5.91 Å². The first-order valence-electron chi connectivity index (χ1n) is 7.72. The van der Waals surface area contributed by atoms with E-state index in [1.165, 1.54) is 6.07 Å². The van der Waals surface area contributed by atoms with Crippen molar-refractivity contribution >= 4 is 29.1 Å². The fourth-order valence-corrected chi connectivity index (χ4v) is 2.96. The van der Waals surface area contributed by atoms with Crippen LogP contribution >= 0.6 is 23.2 Å². The van der Waals surface area contributed by atoms with Crippen LogP contribution in [0.5, 0.6) is 5.75 Å². The molecule has 1 amide bonds. The first-order chi connectivity index (χ1) is 10.6. The molecule has 1 saturated heterocycles. The van der Waals surface area contributed by atoms with Crippen LogP contribution in [0.4, 0.5) is 0 Å². The maximum Gasteiger partial charge on any atom is 0.219 e. The van der Waals surface area contributed by atoms with E-state index in [2.05, 4.69) is 10.2 Å². The number of nitrogens with one attached hydrogen (secondary N) is 1. The predicted molar refractivity (Wildman–Crippen MR) is 89.5 cm³/mol. The zero-order valence-corrected chi connectivity index (χ0v) is 14.1. The summed E-state index contributed by atoms with van der Waals surface area (Å²) in [5, 5.41) is 13.8. The number of benzene rings is 1. The molecule has 0 aromatic heterocycles. The van der Waals surface area contributed by atoms with Crippen LogP contribution in [0.3, 0.4) is 0 Å². The minimum Gasteiger partial charge on any atom is -0.508 e. The van der Waals surface area contributed by atoms with Gasteiger partial charge in [-0.1, -0.05) is 23.2 Å². The minimum atomic E-state index is 0.149. The summed E-state index contributed by atoms with van der Waals surface area (Å²) in [4.78, 5) is 13.8. The topological polar surface area (TPSA) is 52.6 Å². The number of amides is 1. The Morgan fingerprint density at radius 3 is 2.55 bits per heavy atom. The van der Waals surface area contributed by atoms with Gasteiger partial charge in [0, 0.05) is 31.1 Å². The molecule has 1 aliphatic heterocycles. The van der Waals surface area contributed by atoms with Crippen LogP contribution in [0.1, 0.15) is 37.7 Å². The second kappa shape index (κ2) is 8.61. The first kappa shape index (κ1) is 17.4. The molecule has 1 aromatic rings. The summed E-state index contributed by atoms with van der Waals surface area (Å²) in [5.74, 6) is 0.330. The van der Waals surface area contributed by atoms with E-state index in [9.17, 15) is 9.90 Å². The highest BCUT2D eigenvalue weighted by molar-refractivity contribution is 6.42. The van der Waals surface area contributed by atoms with Gasteiger partial charge in [0.05, 0.1) is 10.0 Å². The van der Waals surface area contributed by atoms with Crippen LogP contribution < -0.4 is 5.32 Å². The molecule has 2 rings (SSSR count). The first-order valence-corrected chi connectivity index (χ1v) is 8.48. The van der Waals surface area contributed by atoms with Gasteiger partial charge < -0.3 is 10.4 Å². The summed E-state index contributed by atoms with van der Waals surface area (Å²) in [7, 11) is 0. The highest BCUT2D eigenvalue weighted by atomic mass is 35.5. The Morgan fingerprint density at radius 2 is 1.77 bits per heavy atom. The van der Waals surface area contributed by atoms with Crippen molar-refractivity contribution in [3.63, 3.8) is 0 Å². The number of rotatable bonds is 2. The van der Waals surface area contributed by atoms with E-state index >= 15 is 0 Å². The maximum atomic E-state index is 11.5. The van der Waals surface area contributed by atoms with Gasteiger partial charge in [-0.15, -0.1) is 0 Å². The van der Waals surface area contributed by atoms with Crippen LogP contribution in [0.15, 0.2) is 12.1 Å². The van der Waals surface area contributed by atoms with Crippen molar-refractivity contribution in [2.45, 2.75) is 38.6 Å². The number of hydrogen-bond acceptors (Lipinski definition) is 3. The molecule has 0 atom stereocenters. The number of carbonyl (C=O) groups excluding carboxylic acids is 1. The molecule has 1 aliphatic rings. The molecule has 0 aliphatic carbocycles. The summed E-state index contributed by atoms with van der Waals surface area (Å²) < 4.78 is 0. The highest BCUT2D eigenvalue weighted by Crippen LogP contribution is 2.30. The third-order valence-electron chi connectivity index (χ3n) is 3.87. The number of hydrogen-bond donors (Lipinski definition) is 2. The van der Waals surface area contributed by atoms with Gasteiger partial charge in [0.25, 0.3) is 0 Å². The molecule has 1 aromatic carbocycles. The average molecular weight is 345 g/mol. The number of halogens is 2. The van der Waals surface area contributed by atoms with Crippen LogP contribution in [-0.2, 0) is 11.3 Å². The molecule has 0 bridgehead atoms. The van der Waals surface area contributed by atoms with Crippen molar-refractivity contribution in [3.05, 3.63) is 27.7 Å². The molecule has 1 fully saturated rings. The molecule has 0 saturated carbocycles. The van der Waals surface area contributed by atoms with Crippen LogP contribution in [-0.4, -0.2) is 35.5 Å². The summed E-state index contributed by atoms with van der Waals surface area (Å²) >= 11 is 11.9. The van der Waals surface area contributed by atoms with E-state index in [1.54, 1.807) is 6.07 Å². The standard InChI is InChI=1S/C16H22Cl2N2O2/c17-13-9-12(15(21)10-14(13)18)11-20-7-3-1-5-16(22)19-6-2-4-8-20/h9-10,21H,1-8,11H2,(H,19,22). The Morgan fingerprint density at radius 1 is 1.09 bits per heavy atom. The van der Waals surface area contributed by atoms with Crippen molar-refractivity contribution in [2.24, 2.45) is 0 Å². The van der Waals surface area contributed by atoms with Gasteiger partial charge in [0.1, 0.15) is 5.75 Å². The minimum absolute atomic E-state index is 0.149. The summed E-state index contributed by atoms with van der Waals surface area (Å²) in [5.41, 5.74) is 0.790. The number of phenolic OH excluding ortho intramolecular Hbond substituents is 1. The van der Waals surface area contributed by atoms with Gasteiger partial charge >= 0.3 is 0 Å². The zero-order valence-electron chi connectivity index (χ0n) is 12.6. The lowest BCUT2D eigenvalue weighted by atomic mass is 10.1. The van der Waals surface area contributed by atoms with Crippen LogP contribution in [0, 0.1) is 0 Å². The molecule has 6 heteroatoms. The molecule has 2 N–H and O–H groups in total. The molecule has 1 heterocycles. The molecular formula is C16H22Cl2N2O2. The lowest BCUT2D eigenvalue weighted by molar-refractivity contribution is -0.121. The van der Waals surface area contributed by atoms with Crippen molar-refractivity contribution in [3.8, 4) is 5.75 Å². The molecule has 4 nitrogen and oxygen atoms in total. The normalized spacial score (nSPS) is 18.5. The smallest absolute Gasteiger partial charge is 0.219 e. The molecule has 122 valence electrons. The van der Waals surface area contributed by atoms with Crippen molar-refractivity contribution in [2.75, 3.05) is 19.6 Å². The largest absolute Gasteiger partial charge is 0.508 e. The molecule has 0 unspecified atom stereocenters. The summed E-state index contributed by atoms with van der Waals surface area (Å²) in [6.45, 7) is 3.23.